The summed E-state index contributed by atoms with van der Waals surface area (Å²) in [5.74, 6) is 0.532. The fraction of sp³-hybridized carbons (Fsp3) is 0.500. The van der Waals surface area contributed by atoms with Gasteiger partial charge in [-0.3, -0.25) is 0 Å². The van der Waals surface area contributed by atoms with Crippen LogP contribution in [0.4, 0.5) is 6.01 Å². The Morgan fingerprint density at radius 2 is 2.22 bits per heavy atom. The highest BCUT2D eigenvalue weighted by molar-refractivity contribution is 5.74. The molecular weight excluding hydrogens is 228 g/mol. The molecule has 1 heterocycles. The van der Waals surface area contributed by atoms with Crippen LogP contribution in [-0.2, 0) is 0 Å². The molecule has 2 N–H and O–H groups in total. The van der Waals surface area contributed by atoms with Gasteiger partial charge in [-0.05, 0) is 37.3 Å². The Labute approximate surface area is 106 Å². The average Bonchev–Trinajstić information content (AvgIpc) is 2.97. The van der Waals surface area contributed by atoms with E-state index in [2.05, 4.69) is 10.3 Å². The molecule has 1 aromatic carbocycles. The molecule has 1 saturated carbocycles. The van der Waals surface area contributed by atoms with Crippen molar-refractivity contribution in [2.24, 2.45) is 5.92 Å². The second-order valence-electron chi connectivity index (χ2n) is 4.94. The number of benzene rings is 1. The summed E-state index contributed by atoms with van der Waals surface area (Å²) < 4.78 is 5.67. The van der Waals surface area contributed by atoms with Crippen LogP contribution in [0.1, 0.15) is 25.7 Å². The van der Waals surface area contributed by atoms with Gasteiger partial charge in [0.1, 0.15) is 5.52 Å². The zero-order chi connectivity index (χ0) is 12.4. The van der Waals surface area contributed by atoms with E-state index < -0.39 is 0 Å². The molecule has 1 fully saturated rings. The van der Waals surface area contributed by atoms with Crippen LogP contribution in [-0.4, -0.2) is 22.7 Å². The van der Waals surface area contributed by atoms with E-state index in [1.54, 1.807) is 0 Å². The van der Waals surface area contributed by atoms with E-state index in [9.17, 15) is 0 Å². The Kier molecular flexibility index (Phi) is 3.19. The number of rotatable bonds is 4. The highest BCUT2D eigenvalue weighted by Crippen LogP contribution is 2.31. The second-order valence-corrected chi connectivity index (χ2v) is 4.94. The van der Waals surface area contributed by atoms with Crippen LogP contribution in [0.3, 0.4) is 0 Å². The van der Waals surface area contributed by atoms with Gasteiger partial charge in [0.2, 0.25) is 0 Å². The predicted octanol–water partition coefficient (Wildman–Crippen LogP) is 2.79. The van der Waals surface area contributed by atoms with Gasteiger partial charge in [0.05, 0.1) is 0 Å². The molecular formula is C14H18N2O2. The van der Waals surface area contributed by atoms with Crippen LogP contribution in [0, 0.1) is 5.92 Å². The SMILES string of the molecule is OCCC1CCCC1Nc1nc2ccccc2o1. The lowest BCUT2D eigenvalue weighted by Gasteiger charge is -2.18. The summed E-state index contributed by atoms with van der Waals surface area (Å²) in [4.78, 5) is 4.43. The zero-order valence-corrected chi connectivity index (χ0v) is 10.3. The molecule has 2 aromatic rings. The molecule has 0 amide bonds. The second kappa shape index (κ2) is 4.98. The van der Waals surface area contributed by atoms with E-state index in [-0.39, 0.29) is 6.61 Å². The number of nitrogens with one attached hydrogen (secondary N) is 1. The summed E-state index contributed by atoms with van der Waals surface area (Å²) in [6, 6.07) is 8.76. The quantitative estimate of drug-likeness (QED) is 0.871. The van der Waals surface area contributed by atoms with Crippen molar-refractivity contribution in [1.29, 1.82) is 0 Å². The maximum absolute atomic E-state index is 9.06. The summed E-state index contributed by atoms with van der Waals surface area (Å²) in [5, 5.41) is 12.4. The standard InChI is InChI=1S/C14H18N2O2/c17-9-8-10-4-3-6-11(10)15-14-16-12-5-1-2-7-13(12)18-14/h1-2,5,7,10-11,17H,3-4,6,8-9H2,(H,15,16). The number of fused-ring (bicyclic) bond motifs is 1. The van der Waals surface area contributed by atoms with Crippen molar-refractivity contribution in [3.05, 3.63) is 24.3 Å². The van der Waals surface area contributed by atoms with Gasteiger partial charge in [0, 0.05) is 12.6 Å². The van der Waals surface area contributed by atoms with Gasteiger partial charge < -0.3 is 14.8 Å². The Balaban J connectivity index is 1.75. The maximum Gasteiger partial charge on any atom is 0.295 e. The lowest BCUT2D eigenvalue weighted by molar-refractivity contribution is 0.253. The van der Waals surface area contributed by atoms with Crippen molar-refractivity contribution >= 4 is 17.1 Å². The highest BCUT2D eigenvalue weighted by atomic mass is 16.4. The van der Waals surface area contributed by atoms with Gasteiger partial charge in [0.15, 0.2) is 5.58 Å². The third-order valence-corrected chi connectivity index (χ3v) is 3.76. The van der Waals surface area contributed by atoms with Gasteiger partial charge in [0.25, 0.3) is 6.01 Å². The molecule has 2 atom stereocenters. The minimum atomic E-state index is 0.260. The molecule has 0 radical (unpaired) electrons. The summed E-state index contributed by atoms with van der Waals surface area (Å²) in [5.41, 5.74) is 1.70. The first-order valence-electron chi connectivity index (χ1n) is 6.60. The van der Waals surface area contributed by atoms with Gasteiger partial charge in [-0.1, -0.05) is 18.6 Å². The average molecular weight is 246 g/mol. The van der Waals surface area contributed by atoms with Crippen LogP contribution in [0.15, 0.2) is 28.7 Å². The van der Waals surface area contributed by atoms with Crippen molar-refractivity contribution in [3.8, 4) is 0 Å². The van der Waals surface area contributed by atoms with E-state index in [0.29, 0.717) is 18.0 Å². The first-order chi connectivity index (χ1) is 8.86. The van der Waals surface area contributed by atoms with Crippen LogP contribution in [0.25, 0.3) is 11.1 Å². The van der Waals surface area contributed by atoms with Gasteiger partial charge in [-0.2, -0.15) is 4.98 Å². The Hall–Kier alpha value is -1.55. The van der Waals surface area contributed by atoms with E-state index in [1.165, 1.54) is 12.8 Å². The Bertz CT molecular complexity index is 490. The van der Waals surface area contributed by atoms with Crippen molar-refractivity contribution in [2.45, 2.75) is 31.7 Å². The summed E-state index contributed by atoms with van der Waals surface area (Å²) in [6.45, 7) is 0.260. The molecule has 0 aliphatic heterocycles. The predicted molar refractivity (Wildman–Crippen MR) is 70.5 cm³/mol. The molecule has 0 spiro atoms. The summed E-state index contributed by atoms with van der Waals surface area (Å²) in [7, 11) is 0. The van der Waals surface area contributed by atoms with Crippen LogP contribution in [0.2, 0.25) is 0 Å². The monoisotopic (exact) mass is 246 g/mol. The lowest BCUT2D eigenvalue weighted by atomic mass is 10.0. The summed E-state index contributed by atoms with van der Waals surface area (Å²) >= 11 is 0. The van der Waals surface area contributed by atoms with Gasteiger partial charge >= 0.3 is 0 Å². The number of para-hydroxylation sites is 2. The minimum absolute atomic E-state index is 0.260. The number of aliphatic hydroxyl groups excluding tert-OH is 1. The number of nitrogens with zero attached hydrogens (tertiary/aromatic N) is 1. The molecule has 3 rings (SSSR count). The van der Waals surface area contributed by atoms with Crippen LogP contribution >= 0.6 is 0 Å². The highest BCUT2D eigenvalue weighted by Gasteiger charge is 2.27. The normalized spacial score (nSPS) is 23.6. The van der Waals surface area contributed by atoms with Gasteiger partial charge in [-0.15, -0.1) is 0 Å². The molecule has 18 heavy (non-hydrogen) atoms. The zero-order valence-electron chi connectivity index (χ0n) is 10.3. The van der Waals surface area contributed by atoms with E-state index in [4.69, 9.17) is 9.52 Å². The molecule has 96 valence electrons. The van der Waals surface area contributed by atoms with E-state index in [0.717, 1.165) is 23.9 Å². The molecule has 0 saturated heterocycles. The molecule has 1 aliphatic carbocycles. The number of hydrogen-bond acceptors (Lipinski definition) is 4. The Morgan fingerprint density at radius 3 is 3.06 bits per heavy atom. The van der Waals surface area contributed by atoms with E-state index in [1.807, 2.05) is 24.3 Å². The first kappa shape index (κ1) is 11.5. The smallest absolute Gasteiger partial charge is 0.295 e. The topological polar surface area (TPSA) is 58.3 Å². The van der Waals surface area contributed by atoms with Crippen LogP contribution in [0.5, 0.6) is 0 Å². The van der Waals surface area contributed by atoms with Crippen molar-refractivity contribution < 1.29 is 9.52 Å². The third-order valence-electron chi connectivity index (χ3n) is 3.76. The number of aromatic nitrogens is 1. The van der Waals surface area contributed by atoms with E-state index >= 15 is 0 Å². The molecule has 0 bridgehead atoms. The van der Waals surface area contributed by atoms with Crippen molar-refractivity contribution in [3.63, 3.8) is 0 Å². The van der Waals surface area contributed by atoms with Gasteiger partial charge in [-0.25, -0.2) is 0 Å². The van der Waals surface area contributed by atoms with Crippen molar-refractivity contribution in [2.75, 3.05) is 11.9 Å². The molecule has 2 unspecified atom stereocenters. The largest absolute Gasteiger partial charge is 0.424 e. The van der Waals surface area contributed by atoms with Crippen molar-refractivity contribution in [1.82, 2.24) is 4.98 Å². The fourth-order valence-electron chi connectivity index (χ4n) is 2.83. The molecule has 4 nitrogen and oxygen atoms in total. The molecule has 4 heteroatoms. The van der Waals surface area contributed by atoms with Crippen LogP contribution < -0.4 is 5.32 Å². The minimum Gasteiger partial charge on any atom is -0.424 e. The number of aliphatic hydroxyl groups is 1. The number of oxazole rings is 1. The first-order valence-corrected chi connectivity index (χ1v) is 6.60. The number of anilines is 1. The Morgan fingerprint density at radius 1 is 1.33 bits per heavy atom. The summed E-state index contributed by atoms with van der Waals surface area (Å²) in [6.07, 6.45) is 4.38. The molecule has 1 aliphatic rings. The maximum atomic E-state index is 9.06. The fourth-order valence-corrected chi connectivity index (χ4v) is 2.83. The lowest BCUT2D eigenvalue weighted by Crippen LogP contribution is -2.24. The number of hydrogen-bond donors (Lipinski definition) is 2. The molecule has 1 aromatic heterocycles. The third kappa shape index (κ3) is 2.20.